The molecule has 3 fully saturated rings. The number of hydrogen-bond acceptors (Lipinski definition) is 2. The second-order valence-corrected chi connectivity index (χ2v) is 8.26. The average Bonchev–Trinajstić information content (AvgIpc) is 3.19. The average molecular weight is 296 g/mol. The number of Topliss-reactive ketones (excluding diaryl/α,β-unsaturated/α-hetero) is 1. The number of ketones is 1. The van der Waals surface area contributed by atoms with Crippen molar-refractivity contribution in [3.8, 4) is 5.75 Å². The van der Waals surface area contributed by atoms with E-state index >= 15 is 0 Å². The Morgan fingerprint density at radius 2 is 2.14 bits per heavy atom. The van der Waals surface area contributed by atoms with Gasteiger partial charge in [0.2, 0.25) is 0 Å². The Morgan fingerprint density at radius 1 is 1.27 bits per heavy atom. The van der Waals surface area contributed by atoms with Gasteiger partial charge in [0.25, 0.3) is 0 Å². The summed E-state index contributed by atoms with van der Waals surface area (Å²) in [4.78, 5) is 12.6. The van der Waals surface area contributed by atoms with Crippen molar-refractivity contribution in [2.45, 2.75) is 51.4 Å². The lowest BCUT2D eigenvalue weighted by atomic mass is 9.52. The molecule has 2 heteroatoms. The number of benzene rings is 1. The Balaban J connectivity index is 1.58. The van der Waals surface area contributed by atoms with Crippen LogP contribution in [0, 0.1) is 22.7 Å². The van der Waals surface area contributed by atoms with Gasteiger partial charge >= 0.3 is 0 Å². The largest absolute Gasteiger partial charge is 0.497 e. The molecule has 0 unspecified atom stereocenters. The predicted octanol–water partition coefficient (Wildman–Crippen LogP) is 4.12. The Hall–Kier alpha value is -1.31. The van der Waals surface area contributed by atoms with E-state index in [1.54, 1.807) is 12.7 Å². The van der Waals surface area contributed by atoms with E-state index in [2.05, 4.69) is 25.1 Å². The monoisotopic (exact) mass is 296 g/mol. The Kier molecular flexibility index (Phi) is 2.37. The fourth-order valence-corrected chi connectivity index (χ4v) is 6.66. The first-order valence-electron chi connectivity index (χ1n) is 8.80. The van der Waals surface area contributed by atoms with Crippen molar-refractivity contribution in [2.75, 3.05) is 7.11 Å². The van der Waals surface area contributed by atoms with Crippen LogP contribution in [0.3, 0.4) is 0 Å². The maximum atomic E-state index is 12.6. The van der Waals surface area contributed by atoms with Crippen molar-refractivity contribution in [3.63, 3.8) is 0 Å². The van der Waals surface area contributed by atoms with Crippen LogP contribution in [0.25, 0.3) is 0 Å². The van der Waals surface area contributed by atoms with Crippen LogP contribution in [0.1, 0.15) is 56.1 Å². The molecule has 22 heavy (non-hydrogen) atoms. The maximum Gasteiger partial charge on any atom is 0.139 e. The number of fused-ring (bicyclic) bond motifs is 3. The zero-order chi connectivity index (χ0) is 15.1. The van der Waals surface area contributed by atoms with Gasteiger partial charge in [-0.3, -0.25) is 4.79 Å². The highest BCUT2D eigenvalue weighted by Gasteiger charge is 2.76. The molecule has 5 atom stereocenters. The molecule has 0 bridgehead atoms. The van der Waals surface area contributed by atoms with Gasteiger partial charge in [0.15, 0.2) is 0 Å². The van der Waals surface area contributed by atoms with E-state index in [4.69, 9.17) is 4.74 Å². The van der Waals surface area contributed by atoms with Gasteiger partial charge in [0.1, 0.15) is 11.5 Å². The van der Waals surface area contributed by atoms with Gasteiger partial charge in [-0.1, -0.05) is 13.0 Å². The molecule has 4 aliphatic rings. The molecule has 5 rings (SSSR count). The van der Waals surface area contributed by atoms with Crippen molar-refractivity contribution in [3.05, 3.63) is 29.3 Å². The first-order valence-corrected chi connectivity index (χ1v) is 8.80. The first kappa shape index (κ1) is 13.2. The summed E-state index contributed by atoms with van der Waals surface area (Å²) in [5.74, 6) is 3.68. The van der Waals surface area contributed by atoms with Gasteiger partial charge in [-0.2, -0.15) is 0 Å². The highest BCUT2D eigenvalue weighted by molar-refractivity contribution is 5.90. The van der Waals surface area contributed by atoms with Crippen molar-refractivity contribution >= 4 is 5.78 Å². The molecule has 0 amide bonds. The number of rotatable bonds is 1. The molecule has 0 saturated heterocycles. The van der Waals surface area contributed by atoms with Crippen molar-refractivity contribution < 1.29 is 9.53 Å². The molecule has 3 saturated carbocycles. The molecular formula is C20H24O2. The number of carbonyl (C=O) groups excluding carboxylic acids is 1. The first-order chi connectivity index (χ1) is 10.6. The fourth-order valence-electron chi connectivity index (χ4n) is 6.66. The summed E-state index contributed by atoms with van der Waals surface area (Å²) >= 11 is 0. The summed E-state index contributed by atoms with van der Waals surface area (Å²) in [6.07, 6.45) is 6.92. The lowest BCUT2D eigenvalue weighted by Crippen LogP contribution is -2.46. The minimum Gasteiger partial charge on any atom is -0.497 e. The summed E-state index contributed by atoms with van der Waals surface area (Å²) in [7, 11) is 1.75. The molecular weight excluding hydrogens is 272 g/mol. The van der Waals surface area contributed by atoms with Crippen molar-refractivity contribution in [2.24, 2.45) is 22.7 Å². The molecule has 0 aromatic heterocycles. The van der Waals surface area contributed by atoms with E-state index in [1.165, 1.54) is 24.8 Å². The normalized spacial score (nSPS) is 44.6. The van der Waals surface area contributed by atoms with Crippen LogP contribution < -0.4 is 4.74 Å². The number of hydrogen-bond donors (Lipinski definition) is 0. The van der Waals surface area contributed by atoms with Crippen molar-refractivity contribution in [1.82, 2.24) is 0 Å². The number of ether oxygens (including phenoxy) is 1. The summed E-state index contributed by atoms with van der Waals surface area (Å²) in [5.41, 5.74) is 3.41. The lowest BCUT2D eigenvalue weighted by molar-refractivity contribution is -0.132. The van der Waals surface area contributed by atoms with E-state index < -0.39 is 0 Å². The molecule has 0 heterocycles. The highest BCUT2D eigenvalue weighted by atomic mass is 16.5. The zero-order valence-corrected chi connectivity index (χ0v) is 13.5. The minimum atomic E-state index is 0.00278. The molecule has 0 aliphatic heterocycles. The van der Waals surface area contributed by atoms with Crippen molar-refractivity contribution in [1.29, 1.82) is 0 Å². The fraction of sp³-hybridized carbons (Fsp3) is 0.650. The quantitative estimate of drug-likeness (QED) is 0.779. The van der Waals surface area contributed by atoms with Crippen LogP contribution in [-0.4, -0.2) is 12.9 Å². The van der Waals surface area contributed by atoms with E-state index in [1.807, 2.05) is 0 Å². The molecule has 4 aliphatic carbocycles. The summed E-state index contributed by atoms with van der Waals surface area (Å²) in [6, 6.07) is 6.66. The minimum absolute atomic E-state index is 0.00278. The van der Waals surface area contributed by atoms with E-state index in [9.17, 15) is 4.79 Å². The second-order valence-electron chi connectivity index (χ2n) is 8.26. The van der Waals surface area contributed by atoms with Crippen LogP contribution in [0.2, 0.25) is 0 Å². The van der Waals surface area contributed by atoms with E-state index in [-0.39, 0.29) is 5.41 Å². The van der Waals surface area contributed by atoms with Gasteiger partial charge in [-0.05, 0) is 78.5 Å². The van der Waals surface area contributed by atoms with Crippen LogP contribution in [0.4, 0.5) is 0 Å². The third-order valence-corrected chi connectivity index (χ3v) is 7.80. The number of aryl methyl sites for hydroxylation is 1. The second kappa shape index (κ2) is 3.96. The zero-order valence-electron chi connectivity index (χ0n) is 13.5. The SMILES string of the molecule is COc1ccc2c(c1)CC[C@@H]1[C@@H]2CC[C@]2(C)C(=O)C[C@H]3C[C@]312. The number of carbonyl (C=O) groups is 1. The van der Waals surface area contributed by atoms with Gasteiger partial charge in [-0.15, -0.1) is 0 Å². The molecule has 0 N–H and O–H groups in total. The van der Waals surface area contributed by atoms with E-state index in [0.717, 1.165) is 30.9 Å². The summed E-state index contributed by atoms with van der Waals surface area (Å²) in [6.45, 7) is 2.29. The van der Waals surface area contributed by atoms with Crippen LogP contribution in [0.15, 0.2) is 18.2 Å². The Labute approximate surface area is 132 Å². The van der Waals surface area contributed by atoms with E-state index in [0.29, 0.717) is 23.0 Å². The molecule has 1 aromatic carbocycles. The molecule has 0 radical (unpaired) electrons. The molecule has 2 nitrogen and oxygen atoms in total. The Bertz CT molecular complexity index is 678. The maximum absolute atomic E-state index is 12.6. The topological polar surface area (TPSA) is 26.3 Å². The van der Waals surface area contributed by atoms with Gasteiger partial charge in [0.05, 0.1) is 7.11 Å². The number of methoxy groups -OCH3 is 1. The smallest absolute Gasteiger partial charge is 0.139 e. The lowest BCUT2D eigenvalue weighted by Gasteiger charge is -2.50. The third-order valence-electron chi connectivity index (χ3n) is 7.80. The summed E-state index contributed by atoms with van der Waals surface area (Å²) < 4.78 is 5.40. The third kappa shape index (κ3) is 1.32. The highest BCUT2D eigenvalue weighted by Crippen LogP contribution is 2.80. The molecule has 116 valence electrons. The van der Waals surface area contributed by atoms with Gasteiger partial charge < -0.3 is 4.74 Å². The van der Waals surface area contributed by atoms with Crippen LogP contribution >= 0.6 is 0 Å². The molecule has 1 spiro atoms. The van der Waals surface area contributed by atoms with Gasteiger partial charge in [0, 0.05) is 11.8 Å². The predicted molar refractivity (Wildman–Crippen MR) is 85.1 cm³/mol. The Morgan fingerprint density at radius 3 is 2.95 bits per heavy atom. The van der Waals surface area contributed by atoms with Crippen LogP contribution in [0.5, 0.6) is 5.75 Å². The van der Waals surface area contributed by atoms with Crippen LogP contribution in [-0.2, 0) is 11.2 Å². The molecule has 1 aromatic rings. The standard InChI is InChI=1S/C20H24O2/c1-19-8-7-16-15-5-4-14(22-2)9-12(15)3-6-17(16)20(19)11-13(20)10-18(19)21/h4-5,9,13,16-17H,3,6-8,10-11H2,1-2H3/t13-,16+,17+,19+,20-/m0/s1. The van der Waals surface area contributed by atoms with Gasteiger partial charge in [-0.25, -0.2) is 0 Å². The summed E-state index contributed by atoms with van der Waals surface area (Å²) in [5, 5.41) is 0.